The largest absolute Gasteiger partial charge is 0.337 e. The summed E-state index contributed by atoms with van der Waals surface area (Å²) in [7, 11) is 0. The van der Waals surface area contributed by atoms with Crippen LogP contribution in [0.2, 0.25) is 0 Å². The second kappa shape index (κ2) is 9.36. The summed E-state index contributed by atoms with van der Waals surface area (Å²) in [6, 6.07) is 9.77. The molecule has 4 aromatic rings. The topological polar surface area (TPSA) is 51.0 Å². The highest BCUT2D eigenvalue weighted by molar-refractivity contribution is 7.22. The summed E-state index contributed by atoms with van der Waals surface area (Å²) in [5.74, 6) is -0.539. The molecule has 0 unspecified atom stereocenters. The molecule has 0 aliphatic carbocycles. The van der Waals surface area contributed by atoms with Crippen molar-refractivity contribution in [2.24, 2.45) is 0 Å². The van der Waals surface area contributed by atoms with E-state index in [1.807, 2.05) is 23.8 Å². The van der Waals surface area contributed by atoms with Crippen LogP contribution in [0.5, 0.6) is 0 Å². The van der Waals surface area contributed by atoms with E-state index in [4.69, 9.17) is 4.98 Å². The molecule has 0 radical (unpaired) electrons. The van der Waals surface area contributed by atoms with E-state index in [-0.39, 0.29) is 24.1 Å². The number of thiazole rings is 1. The number of amides is 1. The van der Waals surface area contributed by atoms with Crippen molar-refractivity contribution in [2.45, 2.75) is 26.8 Å². The van der Waals surface area contributed by atoms with Crippen molar-refractivity contribution < 1.29 is 9.18 Å². The molecule has 0 fully saturated rings. The maximum Gasteiger partial charge on any atom is 0.260 e. The molecule has 2 aromatic heterocycles. The van der Waals surface area contributed by atoms with Gasteiger partial charge < -0.3 is 4.57 Å². The minimum Gasteiger partial charge on any atom is -0.337 e. The van der Waals surface area contributed by atoms with E-state index in [9.17, 15) is 9.18 Å². The fourth-order valence-electron chi connectivity index (χ4n) is 3.19. The second-order valence-corrected chi connectivity index (χ2v) is 7.98. The fourth-order valence-corrected chi connectivity index (χ4v) is 4.24. The number of hydrogen-bond acceptors (Lipinski definition) is 4. The number of rotatable bonds is 6. The Morgan fingerprint density at radius 3 is 2.63 bits per heavy atom. The number of carbonyl (C=O) groups excluding carboxylic acids is 1. The van der Waals surface area contributed by atoms with Crippen molar-refractivity contribution in [1.29, 1.82) is 0 Å². The molecule has 2 aromatic carbocycles. The Labute approximate surface area is 184 Å². The lowest BCUT2D eigenvalue weighted by Crippen LogP contribution is -2.32. The highest BCUT2D eigenvalue weighted by Gasteiger charge is 2.22. The molecule has 8 heteroatoms. The van der Waals surface area contributed by atoms with Crippen molar-refractivity contribution in [3.63, 3.8) is 0 Å². The molecule has 0 spiro atoms. The molecule has 5 nitrogen and oxygen atoms in total. The number of benzene rings is 2. The number of hydrogen-bond donors (Lipinski definition) is 0. The highest BCUT2D eigenvalue weighted by atomic mass is 35.5. The van der Waals surface area contributed by atoms with Gasteiger partial charge in [0.2, 0.25) is 0 Å². The predicted molar refractivity (Wildman–Crippen MR) is 121 cm³/mol. The third-order valence-electron chi connectivity index (χ3n) is 5.00. The van der Waals surface area contributed by atoms with Gasteiger partial charge >= 0.3 is 0 Å². The second-order valence-electron chi connectivity index (χ2n) is 6.97. The van der Waals surface area contributed by atoms with E-state index < -0.39 is 0 Å². The average Bonchev–Trinajstić information content (AvgIpc) is 3.38. The van der Waals surface area contributed by atoms with Crippen LogP contribution in [-0.2, 0) is 6.54 Å². The number of carbonyl (C=O) groups is 1. The number of fused-ring (bicyclic) bond motifs is 1. The van der Waals surface area contributed by atoms with E-state index >= 15 is 0 Å². The van der Waals surface area contributed by atoms with Gasteiger partial charge in [-0.2, -0.15) is 0 Å². The first-order chi connectivity index (χ1) is 14.0. The smallest absolute Gasteiger partial charge is 0.260 e. The number of aromatic nitrogens is 3. The lowest BCUT2D eigenvalue weighted by molar-refractivity contribution is 0.0986. The van der Waals surface area contributed by atoms with Crippen molar-refractivity contribution in [1.82, 2.24) is 14.5 Å². The molecule has 0 aliphatic rings. The fraction of sp³-hybridized carbons (Fsp3) is 0.227. The molecule has 156 valence electrons. The van der Waals surface area contributed by atoms with Gasteiger partial charge in [-0.25, -0.2) is 14.4 Å². The quantitative estimate of drug-likeness (QED) is 0.399. The number of nitrogens with zero attached hydrogens (tertiary/aromatic N) is 4. The maximum absolute atomic E-state index is 13.3. The monoisotopic (exact) mass is 444 g/mol. The van der Waals surface area contributed by atoms with Gasteiger partial charge in [0.05, 0.1) is 16.5 Å². The summed E-state index contributed by atoms with van der Waals surface area (Å²) in [6.07, 6.45) is 6.14. The maximum atomic E-state index is 13.3. The van der Waals surface area contributed by atoms with Gasteiger partial charge in [0.1, 0.15) is 5.82 Å². The van der Waals surface area contributed by atoms with Crippen LogP contribution in [0.15, 0.2) is 55.1 Å². The Kier molecular flexibility index (Phi) is 6.84. The van der Waals surface area contributed by atoms with Crippen LogP contribution in [0.4, 0.5) is 9.52 Å². The molecule has 0 N–H and O–H groups in total. The highest BCUT2D eigenvalue weighted by Crippen LogP contribution is 2.32. The Morgan fingerprint density at radius 1 is 1.17 bits per heavy atom. The third-order valence-corrected chi connectivity index (χ3v) is 6.04. The van der Waals surface area contributed by atoms with Crippen LogP contribution in [0.3, 0.4) is 0 Å². The molecule has 2 heterocycles. The Hall–Kier alpha value is -2.77. The van der Waals surface area contributed by atoms with Crippen molar-refractivity contribution in [3.8, 4) is 0 Å². The summed E-state index contributed by atoms with van der Waals surface area (Å²) in [4.78, 5) is 23.8. The molecular formula is C22H22ClFN4OS. The van der Waals surface area contributed by atoms with Gasteiger partial charge in [-0.3, -0.25) is 9.69 Å². The minimum absolute atomic E-state index is 0. The summed E-state index contributed by atoms with van der Waals surface area (Å²) < 4.78 is 16.3. The lowest BCUT2D eigenvalue weighted by Gasteiger charge is -2.20. The third kappa shape index (κ3) is 4.52. The summed E-state index contributed by atoms with van der Waals surface area (Å²) in [5.41, 5.74) is 3.67. The normalized spacial score (nSPS) is 10.8. The number of halogens is 2. The van der Waals surface area contributed by atoms with Crippen LogP contribution in [-0.4, -0.2) is 27.0 Å². The first-order valence-corrected chi connectivity index (χ1v) is 10.2. The van der Waals surface area contributed by atoms with Crippen LogP contribution < -0.4 is 4.90 Å². The number of imidazole rings is 1. The van der Waals surface area contributed by atoms with Crippen molar-refractivity contribution >= 4 is 45.0 Å². The van der Waals surface area contributed by atoms with Gasteiger partial charge in [-0.05, 0) is 61.7 Å². The van der Waals surface area contributed by atoms with Gasteiger partial charge in [-0.1, -0.05) is 17.4 Å². The van der Waals surface area contributed by atoms with Gasteiger partial charge in [0.15, 0.2) is 5.13 Å². The Balaban J connectivity index is 0.00000256. The van der Waals surface area contributed by atoms with Crippen molar-refractivity contribution in [2.75, 3.05) is 11.4 Å². The van der Waals surface area contributed by atoms with Crippen molar-refractivity contribution in [3.05, 3.63) is 77.6 Å². The molecular weight excluding hydrogens is 423 g/mol. The van der Waals surface area contributed by atoms with E-state index in [0.717, 1.165) is 28.7 Å². The zero-order valence-electron chi connectivity index (χ0n) is 16.7. The van der Waals surface area contributed by atoms with E-state index in [2.05, 4.69) is 18.0 Å². The molecule has 0 aliphatic heterocycles. The first-order valence-electron chi connectivity index (χ1n) is 9.43. The first kappa shape index (κ1) is 21.9. The average molecular weight is 445 g/mol. The zero-order valence-corrected chi connectivity index (χ0v) is 18.3. The molecule has 4 rings (SSSR count). The summed E-state index contributed by atoms with van der Waals surface area (Å²) in [6.45, 7) is 5.36. The molecule has 30 heavy (non-hydrogen) atoms. The minimum atomic E-state index is -0.362. The van der Waals surface area contributed by atoms with Crippen LogP contribution in [0.25, 0.3) is 10.2 Å². The van der Waals surface area contributed by atoms with Crippen LogP contribution in [0, 0.1) is 19.7 Å². The lowest BCUT2D eigenvalue weighted by atomic mass is 10.1. The molecule has 1 amide bonds. The van der Waals surface area contributed by atoms with E-state index in [1.165, 1.54) is 41.2 Å². The van der Waals surface area contributed by atoms with Gasteiger partial charge in [-0.15, -0.1) is 12.4 Å². The summed E-state index contributed by atoms with van der Waals surface area (Å²) >= 11 is 1.50. The molecule has 0 saturated heterocycles. The van der Waals surface area contributed by atoms with Crippen LogP contribution >= 0.6 is 23.7 Å². The standard InChI is InChI=1S/C22H21FN4OS.ClH/c1-15-4-9-19-20(16(15)2)25-22(29-19)27(12-3-11-26-13-10-24-14-26)21(28)17-5-7-18(23)8-6-17;/h4-10,13-14H,3,11-12H2,1-2H3;1H. The van der Waals surface area contributed by atoms with E-state index in [1.54, 1.807) is 17.4 Å². The van der Waals surface area contributed by atoms with E-state index in [0.29, 0.717) is 17.2 Å². The Morgan fingerprint density at radius 2 is 1.93 bits per heavy atom. The predicted octanol–water partition coefficient (Wildman–Crippen LogP) is 5.41. The SMILES string of the molecule is Cc1ccc2sc(N(CCCn3ccnc3)C(=O)c3ccc(F)cc3)nc2c1C.Cl. The van der Waals surface area contributed by atoms with Gasteiger partial charge in [0.25, 0.3) is 5.91 Å². The number of aryl methyl sites for hydroxylation is 3. The Bertz CT molecular complexity index is 1140. The zero-order chi connectivity index (χ0) is 20.4. The molecule has 0 bridgehead atoms. The van der Waals surface area contributed by atoms with Crippen LogP contribution in [0.1, 0.15) is 27.9 Å². The molecule has 0 saturated carbocycles. The molecule has 0 atom stereocenters. The summed E-state index contributed by atoms with van der Waals surface area (Å²) in [5, 5.41) is 0.661. The van der Waals surface area contributed by atoms with Gasteiger partial charge in [0, 0.05) is 31.0 Å². The number of anilines is 1.